The van der Waals surface area contributed by atoms with E-state index >= 15 is 0 Å². The number of ether oxygens (including phenoxy) is 1. The minimum absolute atomic E-state index is 0.312. The molecule has 0 fully saturated rings. The second-order valence-corrected chi connectivity index (χ2v) is 9.60. The van der Waals surface area contributed by atoms with Gasteiger partial charge in [-0.25, -0.2) is 0 Å². The number of halogens is 1. The minimum atomic E-state index is -1.12. The Morgan fingerprint density at radius 2 is 2.00 bits per heavy atom. The van der Waals surface area contributed by atoms with Crippen molar-refractivity contribution in [3.05, 3.63) is 44.6 Å². The lowest BCUT2D eigenvalue weighted by Crippen LogP contribution is -2.52. The summed E-state index contributed by atoms with van der Waals surface area (Å²) in [6, 6.07) is 8.78. The summed E-state index contributed by atoms with van der Waals surface area (Å²) in [5.41, 5.74) is 1.05. The maximum Gasteiger partial charge on any atom is 0.262 e. The number of nitrogens with zero attached hydrogens (tertiary/aromatic N) is 1. The van der Waals surface area contributed by atoms with Gasteiger partial charge in [-0.05, 0) is 79.5 Å². The van der Waals surface area contributed by atoms with Gasteiger partial charge in [-0.15, -0.1) is 11.3 Å². The Hall–Kier alpha value is -2.23. The van der Waals surface area contributed by atoms with E-state index in [0.29, 0.717) is 30.3 Å². The zero-order valence-corrected chi connectivity index (χ0v) is 19.9. The molecule has 0 spiro atoms. The zero-order valence-electron chi connectivity index (χ0n) is 17.5. The Kier molecular flexibility index (Phi) is 8.57. The van der Waals surface area contributed by atoms with Gasteiger partial charge < -0.3 is 20.3 Å². The average Bonchev–Trinajstić information content (AvgIpc) is 3.12. The van der Waals surface area contributed by atoms with E-state index in [2.05, 4.69) is 26.6 Å². The molecule has 0 saturated carbocycles. The van der Waals surface area contributed by atoms with E-state index in [9.17, 15) is 14.4 Å². The molecule has 0 aliphatic carbocycles. The van der Waals surface area contributed by atoms with Crippen molar-refractivity contribution >= 4 is 56.9 Å². The first-order valence-electron chi connectivity index (χ1n) is 9.47. The van der Waals surface area contributed by atoms with Crippen LogP contribution in [0.2, 0.25) is 0 Å². The van der Waals surface area contributed by atoms with Crippen LogP contribution in [-0.2, 0) is 14.3 Å². The SMILES string of the molecule is CCOCCN(C=O)c1ccc(NC(=O)C(C)(C)NC(=O)c2ccc(Br)s2)cc1C. The zero-order chi connectivity index (χ0) is 22.3. The molecular weight excluding hydrogens is 470 g/mol. The largest absolute Gasteiger partial charge is 0.380 e. The third kappa shape index (κ3) is 6.38. The van der Waals surface area contributed by atoms with Crippen LogP contribution in [0.15, 0.2) is 34.1 Å². The average molecular weight is 496 g/mol. The second kappa shape index (κ2) is 10.7. The molecule has 0 aliphatic heterocycles. The van der Waals surface area contributed by atoms with E-state index in [-0.39, 0.29) is 11.8 Å². The molecule has 0 aliphatic rings. The molecule has 0 atom stereocenters. The van der Waals surface area contributed by atoms with E-state index in [1.54, 1.807) is 49.1 Å². The number of thiophene rings is 1. The monoisotopic (exact) mass is 495 g/mol. The Labute approximate surface area is 188 Å². The normalized spacial score (nSPS) is 11.1. The second-order valence-electron chi connectivity index (χ2n) is 7.13. The lowest BCUT2D eigenvalue weighted by Gasteiger charge is -2.25. The number of anilines is 2. The summed E-state index contributed by atoms with van der Waals surface area (Å²) >= 11 is 4.62. The number of carbonyl (C=O) groups excluding carboxylic acids is 3. The molecule has 162 valence electrons. The number of rotatable bonds is 10. The van der Waals surface area contributed by atoms with Crippen molar-refractivity contribution in [3.8, 4) is 0 Å². The van der Waals surface area contributed by atoms with E-state index in [4.69, 9.17) is 4.74 Å². The molecule has 7 nitrogen and oxygen atoms in total. The van der Waals surface area contributed by atoms with Gasteiger partial charge in [0.2, 0.25) is 12.3 Å². The molecule has 1 heterocycles. The van der Waals surface area contributed by atoms with Crippen LogP contribution in [0.5, 0.6) is 0 Å². The van der Waals surface area contributed by atoms with Crippen LogP contribution in [0, 0.1) is 6.92 Å². The summed E-state index contributed by atoms with van der Waals surface area (Å²) < 4.78 is 6.16. The molecule has 3 amide bonds. The van der Waals surface area contributed by atoms with Crippen molar-refractivity contribution < 1.29 is 19.1 Å². The summed E-state index contributed by atoms with van der Waals surface area (Å²) in [4.78, 5) is 38.7. The molecule has 2 rings (SSSR count). The number of carbonyl (C=O) groups is 3. The smallest absolute Gasteiger partial charge is 0.262 e. The Morgan fingerprint density at radius 3 is 2.57 bits per heavy atom. The lowest BCUT2D eigenvalue weighted by molar-refractivity contribution is -0.121. The fourth-order valence-electron chi connectivity index (χ4n) is 2.72. The summed E-state index contributed by atoms with van der Waals surface area (Å²) in [5, 5.41) is 5.59. The third-order valence-corrected chi connectivity index (χ3v) is 5.99. The number of hydrogen-bond acceptors (Lipinski definition) is 5. The Bertz CT molecular complexity index is 913. The first kappa shape index (κ1) is 24.0. The van der Waals surface area contributed by atoms with E-state index in [1.807, 2.05) is 13.8 Å². The first-order chi connectivity index (χ1) is 14.2. The summed E-state index contributed by atoms with van der Waals surface area (Å²) in [6.07, 6.45) is 0.765. The Morgan fingerprint density at radius 1 is 1.27 bits per heavy atom. The van der Waals surface area contributed by atoms with Crippen molar-refractivity contribution in [3.63, 3.8) is 0 Å². The van der Waals surface area contributed by atoms with Gasteiger partial charge in [-0.3, -0.25) is 14.4 Å². The van der Waals surface area contributed by atoms with Gasteiger partial charge in [0.25, 0.3) is 5.91 Å². The van der Waals surface area contributed by atoms with Gasteiger partial charge in [0.05, 0.1) is 15.3 Å². The highest BCUT2D eigenvalue weighted by atomic mass is 79.9. The summed E-state index contributed by atoms with van der Waals surface area (Å²) in [6.45, 7) is 8.54. The molecule has 1 aromatic carbocycles. The maximum absolute atomic E-state index is 12.8. The third-order valence-electron chi connectivity index (χ3n) is 4.36. The van der Waals surface area contributed by atoms with E-state index in [0.717, 1.165) is 21.4 Å². The summed E-state index contributed by atoms with van der Waals surface area (Å²) in [5.74, 6) is -0.657. The number of amides is 3. The van der Waals surface area contributed by atoms with E-state index in [1.165, 1.54) is 11.3 Å². The molecule has 0 radical (unpaired) electrons. The fourth-order valence-corrected chi connectivity index (χ4v) is 4.00. The number of benzene rings is 1. The highest BCUT2D eigenvalue weighted by Crippen LogP contribution is 2.25. The summed E-state index contributed by atoms with van der Waals surface area (Å²) in [7, 11) is 0. The molecule has 0 saturated heterocycles. The van der Waals surface area contributed by atoms with Gasteiger partial charge >= 0.3 is 0 Å². The number of nitrogens with one attached hydrogen (secondary N) is 2. The molecule has 0 unspecified atom stereocenters. The molecule has 2 aromatic rings. The first-order valence-corrected chi connectivity index (χ1v) is 11.1. The van der Waals surface area contributed by atoms with Crippen LogP contribution in [-0.4, -0.2) is 43.5 Å². The van der Waals surface area contributed by atoms with Gasteiger partial charge in [0.1, 0.15) is 5.54 Å². The standard InChI is InChI=1S/C21H26BrN3O4S/c1-5-29-11-10-25(13-26)16-7-6-15(12-14(16)2)23-20(28)21(3,4)24-19(27)17-8-9-18(22)30-17/h6-9,12-13H,5,10-11H2,1-4H3,(H,23,28)(H,24,27). The van der Waals surface area contributed by atoms with Crippen molar-refractivity contribution in [1.82, 2.24) is 5.32 Å². The predicted octanol–water partition coefficient (Wildman–Crippen LogP) is 3.97. The van der Waals surface area contributed by atoms with Crippen molar-refractivity contribution in [1.29, 1.82) is 0 Å². The quantitative estimate of drug-likeness (QED) is 0.385. The highest BCUT2D eigenvalue weighted by Gasteiger charge is 2.30. The number of hydrogen-bond donors (Lipinski definition) is 2. The van der Waals surface area contributed by atoms with E-state index < -0.39 is 5.54 Å². The van der Waals surface area contributed by atoms with Crippen molar-refractivity contribution in [2.45, 2.75) is 33.2 Å². The minimum Gasteiger partial charge on any atom is -0.380 e. The van der Waals surface area contributed by atoms with Crippen LogP contribution in [0.25, 0.3) is 0 Å². The lowest BCUT2D eigenvalue weighted by atomic mass is 10.0. The maximum atomic E-state index is 12.8. The molecule has 1 aromatic heterocycles. The fraction of sp³-hybridized carbons (Fsp3) is 0.381. The molecule has 30 heavy (non-hydrogen) atoms. The van der Waals surface area contributed by atoms with Gasteiger partial charge in [-0.1, -0.05) is 0 Å². The van der Waals surface area contributed by atoms with Gasteiger partial charge in [0.15, 0.2) is 0 Å². The molecule has 0 bridgehead atoms. The van der Waals surface area contributed by atoms with Gasteiger partial charge in [-0.2, -0.15) is 0 Å². The molecule has 9 heteroatoms. The van der Waals surface area contributed by atoms with Crippen LogP contribution in [0.3, 0.4) is 0 Å². The predicted molar refractivity (Wildman–Crippen MR) is 123 cm³/mol. The number of aryl methyl sites for hydroxylation is 1. The topological polar surface area (TPSA) is 87.7 Å². The van der Waals surface area contributed by atoms with Crippen molar-refractivity contribution in [2.75, 3.05) is 30.0 Å². The highest BCUT2D eigenvalue weighted by molar-refractivity contribution is 9.11. The van der Waals surface area contributed by atoms with Gasteiger partial charge in [0, 0.05) is 24.5 Å². The molecule has 2 N–H and O–H groups in total. The van der Waals surface area contributed by atoms with Crippen molar-refractivity contribution in [2.24, 2.45) is 0 Å². The van der Waals surface area contributed by atoms with Crippen LogP contribution in [0.1, 0.15) is 36.0 Å². The van der Waals surface area contributed by atoms with Crippen LogP contribution >= 0.6 is 27.3 Å². The Balaban J connectivity index is 2.05. The molecular formula is C21H26BrN3O4S. The van der Waals surface area contributed by atoms with Crippen LogP contribution < -0.4 is 15.5 Å². The van der Waals surface area contributed by atoms with Crippen LogP contribution in [0.4, 0.5) is 11.4 Å².